The maximum absolute atomic E-state index is 5.42. The Bertz CT molecular complexity index is 6030. The molecule has 0 unspecified atom stereocenters. The third-order valence-electron chi connectivity index (χ3n) is 18.5. The van der Waals surface area contributed by atoms with Crippen molar-refractivity contribution in [3.05, 3.63) is 297 Å². The summed E-state index contributed by atoms with van der Waals surface area (Å²) in [7, 11) is 0. The SMILES string of the molecule is c1ccc(-c2ccc(-c3cc(-c4ccccc4)nc(-c4ccnc(-n5c6cc7c8ccccc8c8ccccc8c7cc6c6c7ccccc7c7c8cc(N(c9ccccc9)c9cc%10ccc%11cccc%12ccc(c9)c%10c%11%12)ccc8sc7c65)c4)n3)cc2)cc1. The Balaban J connectivity index is 0.875. The number of pyridine rings is 1. The van der Waals surface area contributed by atoms with E-state index in [4.69, 9.17) is 15.0 Å². The van der Waals surface area contributed by atoms with E-state index in [2.05, 4.69) is 295 Å². The van der Waals surface area contributed by atoms with E-state index in [0.717, 1.165) is 67.6 Å². The number of hydrogen-bond acceptors (Lipinski definition) is 5. The van der Waals surface area contributed by atoms with E-state index in [1.165, 1.54) is 112 Å². The zero-order valence-electron chi connectivity index (χ0n) is 47.9. The lowest BCUT2D eigenvalue weighted by Crippen LogP contribution is -2.09. The summed E-state index contributed by atoms with van der Waals surface area (Å²) >= 11 is 1.87. The first-order valence-corrected chi connectivity index (χ1v) is 31.1. The molecule has 0 aliphatic carbocycles. The molecule has 0 bridgehead atoms. The maximum Gasteiger partial charge on any atom is 0.160 e. The monoisotopic (exact) mass is 1150 g/mol. The first-order chi connectivity index (χ1) is 44.1. The Labute approximate surface area is 515 Å². The third kappa shape index (κ3) is 7.70. The zero-order chi connectivity index (χ0) is 58.3. The zero-order valence-corrected chi connectivity index (χ0v) is 48.8. The van der Waals surface area contributed by atoms with Crippen molar-refractivity contribution in [3.63, 3.8) is 0 Å². The molecule has 15 aromatic carbocycles. The highest BCUT2D eigenvalue weighted by atomic mass is 32.1. The van der Waals surface area contributed by atoms with E-state index in [1.54, 1.807) is 0 Å². The molecule has 412 valence electrons. The van der Waals surface area contributed by atoms with Crippen molar-refractivity contribution >= 4 is 146 Å². The highest BCUT2D eigenvalue weighted by molar-refractivity contribution is 7.27. The van der Waals surface area contributed by atoms with Gasteiger partial charge in [-0.05, 0) is 159 Å². The van der Waals surface area contributed by atoms with Gasteiger partial charge >= 0.3 is 0 Å². The summed E-state index contributed by atoms with van der Waals surface area (Å²) in [5, 5.41) is 22.2. The number of hydrogen-bond donors (Lipinski definition) is 0. The number of anilines is 3. The van der Waals surface area contributed by atoms with Crippen LogP contribution >= 0.6 is 11.3 Å². The van der Waals surface area contributed by atoms with E-state index in [1.807, 2.05) is 23.6 Å². The van der Waals surface area contributed by atoms with Crippen molar-refractivity contribution in [2.45, 2.75) is 0 Å². The highest BCUT2D eigenvalue weighted by Gasteiger charge is 2.26. The van der Waals surface area contributed by atoms with Crippen LogP contribution in [0, 0.1) is 0 Å². The van der Waals surface area contributed by atoms with Crippen LogP contribution in [0.2, 0.25) is 0 Å². The second-order valence-electron chi connectivity index (χ2n) is 23.4. The van der Waals surface area contributed by atoms with Gasteiger partial charge in [-0.3, -0.25) is 4.57 Å². The van der Waals surface area contributed by atoms with Crippen molar-refractivity contribution < 1.29 is 0 Å². The van der Waals surface area contributed by atoms with Gasteiger partial charge < -0.3 is 4.90 Å². The van der Waals surface area contributed by atoms with Gasteiger partial charge in [0.25, 0.3) is 0 Å². The number of fused-ring (bicyclic) bond motifs is 16. The Hall–Kier alpha value is -11.6. The topological polar surface area (TPSA) is 46.8 Å². The van der Waals surface area contributed by atoms with Crippen LogP contribution in [0.3, 0.4) is 0 Å². The molecule has 0 saturated heterocycles. The van der Waals surface area contributed by atoms with Crippen LogP contribution in [-0.4, -0.2) is 19.5 Å². The maximum atomic E-state index is 5.42. The Morgan fingerprint density at radius 2 is 0.831 bits per heavy atom. The smallest absolute Gasteiger partial charge is 0.160 e. The Morgan fingerprint density at radius 1 is 0.303 bits per heavy atom. The summed E-state index contributed by atoms with van der Waals surface area (Å²) in [5.74, 6) is 1.41. The van der Waals surface area contributed by atoms with Gasteiger partial charge in [0.05, 0.1) is 27.1 Å². The largest absolute Gasteiger partial charge is 0.310 e. The highest BCUT2D eigenvalue weighted by Crippen LogP contribution is 2.51. The lowest BCUT2D eigenvalue weighted by Gasteiger charge is -2.26. The molecular weight excluding hydrogens is 1100 g/mol. The molecule has 0 aliphatic heterocycles. The van der Waals surface area contributed by atoms with Crippen LogP contribution < -0.4 is 4.90 Å². The molecule has 5 nitrogen and oxygen atoms in total. The average Bonchev–Trinajstić information content (AvgIpc) is 1.59. The number of thiophene rings is 1. The van der Waals surface area contributed by atoms with Gasteiger partial charge in [0.15, 0.2) is 5.82 Å². The lowest BCUT2D eigenvalue weighted by molar-refractivity contribution is 1.08. The second kappa shape index (κ2) is 19.5. The fraction of sp³-hybridized carbons (Fsp3) is 0. The molecule has 0 spiro atoms. The number of para-hydroxylation sites is 1. The van der Waals surface area contributed by atoms with Crippen LogP contribution in [0.25, 0.3) is 168 Å². The van der Waals surface area contributed by atoms with Crippen LogP contribution in [0.5, 0.6) is 0 Å². The molecule has 19 aromatic rings. The van der Waals surface area contributed by atoms with E-state index in [-0.39, 0.29) is 0 Å². The van der Waals surface area contributed by atoms with Crippen LogP contribution in [0.15, 0.2) is 297 Å². The summed E-state index contributed by atoms with van der Waals surface area (Å²) in [6.07, 6.45) is 1.94. The quantitative estimate of drug-likeness (QED) is 0.142. The van der Waals surface area contributed by atoms with Crippen molar-refractivity contribution in [1.29, 1.82) is 0 Å². The molecule has 0 saturated carbocycles. The lowest BCUT2D eigenvalue weighted by atomic mass is 9.92. The van der Waals surface area contributed by atoms with Gasteiger partial charge in [-0.1, -0.05) is 218 Å². The van der Waals surface area contributed by atoms with Gasteiger partial charge in [-0.2, -0.15) is 0 Å². The number of aromatic nitrogens is 4. The molecular formula is C83H49N5S. The van der Waals surface area contributed by atoms with Gasteiger partial charge in [-0.15, -0.1) is 11.3 Å². The summed E-state index contributed by atoms with van der Waals surface area (Å²) in [6.45, 7) is 0. The normalized spacial score (nSPS) is 12.0. The molecule has 0 radical (unpaired) electrons. The van der Waals surface area contributed by atoms with E-state index >= 15 is 0 Å². The molecule has 0 aliphatic rings. The first-order valence-electron chi connectivity index (χ1n) is 30.3. The van der Waals surface area contributed by atoms with Crippen molar-refractivity contribution in [2.24, 2.45) is 0 Å². The molecule has 0 atom stereocenters. The predicted octanol–water partition coefficient (Wildman–Crippen LogP) is 23.0. The molecule has 0 amide bonds. The summed E-state index contributed by atoms with van der Waals surface area (Å²) < 4.78 is 4.86. The van der Waals surface area contributed by atoms with Crippen LogP contribution in [0.4, 0.5) is 17.1 Å². The fourth-order valence-electron chi connectivity index (χ4n) is 14.5. The summed E-state index contributed by atoms with van der Waals surface area (Å²) in [4.78, 5) is 18.6. The van der Waals surface area contributed by atoms with Crippen molar-refractivity contribution in [3.8, 4) is 50.8 Å². The standard InChI is InChI=1S/C83H49N5S/c1-4-17-50(18-5-1)51-31-33-53(34-32-51)73-49-72(52-19-6-2-7-20-52)85-83(86-73)58-41-42-84-76(45-58)88-74-48-69-65-28-13-11-26-63(65)62-25-10-12-27-64(62)68(69)47-70(74)79-66-29-14-15-30-67(66)80-71-46-60(39-40-75(71)89-82(80)81(79)88)87(59-23-8-3-9-24-59)61-43-56-37-35-54-21-16-22-55-36-38-57(44-61)78(56)77(54)55/h1-49H. The fourth-order valence-corrected chi connectivity index (χ4v) is 15.7. The Morgan fingerprint density at radius 3 is 1.49 bits per heavy atom. The van der Waals surface area contributed by atoms with Gasteiger partial charge in [0, 0.05) is 66.2 Å². The molecule has 4 aromatic heterocycles. The predicted molar refractivity (Wildman–Crippen MR) is 377 cm³/mol. The summed E-state index contributed by atoms with van der Waals surface area (Å²) in [5.41, 5.74) is 12.4. The first kappa shape index (κ1) is 49.7. The van der Waals surface area contributed by atoms with E-state index in [0.29, 0.717) is 5.82 Å². The Kier molecular flexibility index (Phi) is 10.9. The second-order valence-corrected chi connectivity index (χ2v) is 24.5. The summed E-state index contributed by atoms with van der Waals surface area (Å²) in [6, 6.07) is 106. The van der Waals surface area contributed by atoms with Gasteiger partial charge in [0.1, 0.15) is 5.82 Å². The minimum Gasteiger partial charge on any atom is -0.310 e. The van der Waals surface area contributed by atoms with Gasteiger partial charge in [0.2, 0.25) is 0 Å². The van der Waals surface area contributed by atoms with Crippen LogP contribution in [-0.2, 0) is 0 Å². The average molecular weight is 1150 g/mol. The molecule has 6 heteroatoms. The van der Waals surface area contributed by atoms with Crippen LogP contribution in [0.1, 0.15) is 0 Å². The number of rotatable bonds is 8. The molecule has 4 heterocycles. The van der Waals surface area contributed by atoms with Crippen molar-refractivity contribution in [1.82, 2.24) is 19.5 Å². The third-order valence-corrected chi connectivity index (χ3v) is 19.7. The molecule has 0 fully saturated rings. The van der Waals surface area contributed by atoms with E-state index in [9.17, 15) is 0 Å². The molecule has 19 rings (SSSR count). The number of nitrogens with zero attached hydrogens (tertiary/aromatic N) is 5. The minimum absolute atomic E-state index is 0.624. The minimum atomic E-state index is 0.624. The van der Waals surface area contributed by atoms with Crippen molar-refractivity contribution in [2.75, 3.05) is 4.90 Å². The van der Waals surface area contributed by atoms with Gasteiger partial charge in [-0.25, -0.2) is 15.0 Å². The molecule has 0 N–H and O–H groups in total. The van der Waals surface area contributed by atoms with E-state index < -0.39 is 0 Å². The number of benzene rings is 15. The molecule has 89 heavy (non-hydrogen) atoms.